The number of fused-ring (bicyclic) bond motifs is 3. The van der Waals surface area contributed by atoms with Gasteiger partial charge in [-0.2, -0.15) is 15.4 Å². The number of H-pyrrole nitrogens is 1. The van der Waals surface area contributed by atoms with Crippen LogP contribution < -0.4 is 0 Å². The predicted molar refractivity (Wildman–Crippen MR) is 47.0 cm³/mol. The van der Waals surface area contributed by atoms with Crippen molar-refractivity contribution in [2.24, 2.45) is 0 Å². The van der Waals surface area contributed by atoms with Gasteiger partial charge in [0.25, 0.3) is 0 Å². The van der Waals surface area contributed by atoms with Crippen molar-refractivity contribution in [2.75, 3.05) is 0 Å². The average molecular weight is 171 g/mol. The first-order chi connectivity index (χ1) is 6.45. The number of aromatic amines is 1. The molecule has 62 valence electrons. The molecule has 13 heavy (non-hydrogen) atoms. The molecule has 5 nitrogen and oxygen atoms in total. The number of imidazole rings is 1. The van der Waals surface area contributed by atoms with Crippen LogP contribution in [0.5, 0.6) is 0 Å². The van der Waals surface area contributed by atoms with Gasteiger partial charge < -0.3 is 0 Å². The third kappa shape index (κ3) is 0.807. The molecule has 0 saturated heterocycles. The van der Waals surface area contributed by atoms with Crippen LogP contribution in [-0.4, -0.2) is 25.4 Å². The lowest BCUT2D eigenvalue weighted by Gasteiger charge is -1.94. The zero-order chi connectivity index (χ0) is 8.67. The van der Waals surface area contributed by atoms with Crippen LogP contribution >= 0.6 is 0 Å². The minimum atomic E-state index is 0.810. The van der Waals surface area contributed by atoms with Crippen LogP contribution in [0.1, 0.15) is 0 Å². The molecule has 2 heterocycles. The van der Waals surface area contributed by atoms with Crippen molar-refractivity contribution in [3.8, 4) is 0 Å². The molecule has 0 fully saturated rings. The van der Waals surface area contributed by atoms with Crippen LogP contribution in [0.15, 0.2) is 24.7 Å². The lowest BCUT2D eigenvalue weighted by molar-refractivity contribution is 0.897. The van der Waals surface area contributed by atoms with E-state index in [9.17, 15) is 0 Å². The standard InChI is InChI=1S/C8H5N5/c1-2-6-8(10-4-9-6)7-5(1)3-11-13-12-7/h1-4,13H. The van der Waals surface area contributed by atoms with Crippen molar-refractivity contribution >= 4 is 21.9 Å². The van der Waals surface area contributed by atoms with Gasteiger partial charge in [-0.1, -0.05) is 0 Å². The molecule has 0 spiro atoms. The minimum Gasteiger partial charge on any atom is -0.235 e. The first-order valence-corrected chi connectivity index (χ1v) is 3.84. The van der Waals surface area contributed by atoms with Crippen LogP contribution in [0.25, 0.3) is 21.9 Å². The fourth-order valence-corrected chi connectivity index (χ4v) is 1.36. The Hall–Kier alpha value is -2.04. The predicted octanol–water partition coefficient (Wildman–Crippen LogP) is 0.901. The Bertz CT molecular complexity index is 571. The molecule has 0 saturated carbocycles. The largest absolute Gasteiger partial charge is 0.235 e. The lowest BCUT2D eigenvalue weighted by atomic mass is 10.2. The third-order valence-corrected chi connectivity index (χ3v) is 1.97. The molecule has 2 aromatic heterocycles. The molecule has 0 atom stereocenters. The number of hydrogen-bond donors (Lipinski definition) is 1. The van der Waals surface area contributed by atoms with Gasteiger partial charge in [0, 0.05) is 5.39 Å². The number of aromatic nitrogens is 5. The maximum absolute atomic E-state index is 4.13. The van der Waals surface area contributed by atoms with E-state index in [-0.39, 0.29) is 0 Å². The highest BCUT2D eigenvalue weighted by Gasteiger charge is 2.03. The quantitative estimate of drug-likeness (QED) is 0.545. The molecule has 0 aliphatic heterocycles. The van der Waals surface area contributed by atoms with E-state index in [4.69, 9.17) is 0 Å². The van der Waals surface area contributed by atoms with Crippen molar-refractivity contribution in [2.45, 2.75) is 0 Å². The number of hydrogen-bond acceptors (Lipinski definition) is 4. The zero-order valence-corrected chi connectivity index (χ0v) is 6.60. The number of nitrogens with zero attached hydrogens (tertiary/aromatic N) is 4. The Labute approximate surface area is 72.8 Å². The summed E-state index contributed by atoms with van der Waals surface area (Å²) >= 11 is 0. The van der Waals surface area contributed by atoms with Crippen LogP contribution in [0.4, 0.5) is 0 Å². The summed E-state index contributed by atoms with van der Waals surface area (Å²) in [5, 5.41) is 11.4. The molecule has 0 radical (unpaired) electrons. The molecule has 1 N–H and O–H groups in total. The first-order valence-electron chi connectivity index (χ1n) is 3.84. The SMILES string of the molecule is c1nc2ccc3cn[nH]nc3c2n1. The second-order valence-corrected chi connectivity index (χ2v) is 2.71. The van der Waals surface area contributed by atoms with Gasteiger partial charge in [-0.25, -0.2) is 9.97 Å². The third-order valence-electron chi connectivity index (χ3n) is 1.97. The van der Waals surface area contributed by atoms with Gasteiger partial charge in [0.2, 0.25) is 0 Å². The molecular weight excluding hydrogens is 166 g/mol. The first kappa shape index (κ1) is 6.47. The van der Waals surface area contributed by atoms with E-state index in [2.05, 4.69) is 25.4 Å². The van der Waals surface area contributed by atoms with Crippen LogP contribution in [0, 0.1) is 0 Å². The van der Waals surface area contributed by atoms with Gasteiger partial charge in [-0.15, -0.1) is 0 Å². The van der Waals surface area contributed by atoms with Crippen molar-refractivity contribution in [1.82, 2.24) is 25.4 Å². The minimum absolute atomic E-state index is 0.810. The van der Waals surface area contributed by atoms with Gasteiger partial charge in [0.1, 0.15) is 17.4 Å². The highest BCUT2D eigenvalue weighted by Crippen LogP contribution is 2.18. The normalized spacial score (nSPS) is 11.1. The summed E-state index contributed by atoms with van der Waals surface area (Å²) in [5.74, 6) is 0. The maximum Gasteiger partial charge on any atom is 0.122 e. The monoisotopic (exact) mass is 171 g/mol. The Morgan fingerprint density at radius 1 is 1.08 bits per heavy atom. The molecule has 0 aliphatic rings. The van der Waals surface area contributed by atoms with Crippen LogP contribution in [0.3, 0.4) is 0 Å². The fourth-order valence-electron chi connectivity index (χ4n) is 1.36. The molecule has 3 aromatic rings. The lowest BCUT2D eigenvalue weighted by Crippen LogP contribution is -1.87. The Morgan fingerprint density at radius 2 is 2.08 bits per heavy atom. The summed E-state index contributed by atoms with van der Waals surface area (Å²) in [4.78, 5) is 8.21. The molecular formula is C8H5N5. The van der Waals surface area contributed by atoms with E-state index >= 15 is 0 Å². The molecule has 0 amide bonds. The summed E-state index contributed by atoms with van der Waals surface area (Å²) < 4.78 is 0. The average Bonchev–Trinajstić information content (AvgIpc) is 2.65. The second kappa shape index (κ2) is 2.22. The summed E-state index contributed by atoms with van der Waals surface area (Å²) in [5.41, 5.74) is 2.49. The maximum atomic E-state index is 4.13. The van der Waals surface area contributed by atoms with Crippen molar-refractivity contribution < 1.29 is 0 Å². The number of benzene rings is 1. The van der Waals surface area contributed by atoms with E-state index in [1.165, 1.54) is 6.33 Å². The van der Waals surface area contributed by atoms with E-state index in [1.807, 2.05) is 12.1 Å². The molecule has 1 aromatic carbocycles. The Kier molecular flexibility index (Phi) is 1.11. The van der Waals surface area contributed by atoms with E-state index in [0.29, 0.717) is 0 Å². The van der Waals surface area contributed by atoms with Gasteiger partial charge in [-0.05, 0) is 12.1 Å². The van der Waals surface area contributed by atoms with Gasteiger partial charge in [0.05, 0.1) is 11.7 Å². The summed E-state index contributed by atoms with van der Waals surface area (Å²) in [7, 11) is 0. The summed E-state index contributed by atoms with van der Waals surface area (Å²) in [6.45, 7) is 0. The van der Waals surface area contributed by atoms with E-state index in [0.717, 1.165) is 21.9 Å². The summed E-state index contributed by atoms with van der Waals surface area (Å²) in [6.07, 6.45) is 3.25. The van der Waals surface area contributed by atoms with E-state index in [1.54, 1.807) is 6.20 Å². The highest BCUT2D eigenvalue weighted by molar-refractivity contribution is 6.00. The van der Waals surface area contributed by atoms with Gasteiger partial charge >= 0.3 is 0 Å². The molecule has 0 unspecified atom stereocenters. The molecule has 0 aliphatic carbocycles. The molecule has 0 bridgehead atoms. The van der Waals surface area contributed by atoms with Crippen molar-refractivity contribution in [3.05, 3.63) is 24.7 Å². The van der Waals surface area contributed by atoms with Crippen molar-refractivity contribution in [3.63, 3.8) is 0 Å². The van der Waals surface area contributed by atoms with Crippen LogP contribution in [0.2, 0.25) is 0 Å². The second-order valence-electron chi connectivity index (χ2n) is 2.71. The molecule has 5 heteroatoms. The summed E-state index contributed by atoms with van der Waals surface area (Å²) in [6, 6.07) is 3.84. The fraction of sp³-hybridized carbons (Fsp3) is 0. The van der Waals surface area contributed by atoms with Crippen molar-refractivity contribution in [1.29, 1.82) is 0 Å². The van der Waals surface area contributed by atoms with Gasteiger partial charge in [0.15, 0.2) is 0 Å². The zero-order valence-electron chi connectivity index (χ0n) is 6.60. The number of nitrogens with one attached hydrogen (secondary N) is 1. The Morgan fingerprint density at radius 3 is 3.08 bits per heavy atom. The topological polar surface area (TPSA) is 67.3 Å². The smallest absolute Gasteiger partial charge is 0.122 e. The Balaban J connectivity index is 2.65. The number of rotatable bonds is 0. The van der Waals surface area contributed by atoms with E-state index < -0.39 is 0 Å². The molecule has 3 rings (SSSR count). The van der Waals surface area contributed by atoms with Gasteiger partial charge in [-0.3, -0.25) is 0 Å². The highest BCUT2D eigenvalue weighted by atomic mass is 15.3. The van der Waals surface area contributed by atoms with Crippen LogP contribution in [-0.2, 0) is 0 Å².